The summed E-state index contributed by atoms with van der Waals surface area (Å²) in [6.45, 7) is 4.63. The molecule has 0 N–H and O–H groups in total. The molecule has 0 aliphatic rings. The first-order valence-electron chi connectivity index (χ1n) is 4.71. The number of phosphoric acid groups is 1. The number of hydrogen-bond donors (Lipinski definition) is 0. The summed E-state index contributed by atoms with van der Waals surface area (Å²) in [5, 5.41) is 0. The zero-order chi connectivity index (χ0) is 11.7. The van der Waals surface area contributed by atoms with Crippen LogP contribution in [0, 0.1) is 0 Å². The van der Waals surface area contributed by atoms with Gasteiger partial charge in [-0.15, -0.1) is 0 Å². The first kappa shape index (κ1) is 15.0. The molecule has 0 amide bonds. The highest BCUT2D eigenvalue weighted by Gasteiger charge is 2.24. The maximum absolute atomic E-state index is 11.5. The molecule has 0 bridgehead atoms. The van der Waals surface area contributed by atoms with Crippen LogP contribution in [0.4, 0.5) is 0 Å². The molecule has 15 heavy (non-hydrogen) atoms. The molecule has 0 radical (unpaired) electrons. The molecule has 0 aromatic rings. The summed E-state index contributed by atoms with van der Waals surface area (Å²) >= 11 is 0. The molecular weight excluding hydrogens is 223 g/mol. The molecule has 0 saturated heterocycles. The van der Waals surface area contributed by atoms with Gasteiger partial charge in [-0.1, -0.05) is 0 Å². The average Bonchev–Trinajstić information content (AvgIpc) is 2.26. The number of phosphoric ester groups is 1. The summed E-state index contributed by atoms with van der Waals surface area (Å²) in [6, 6.07) is 0. The van der Waals surface area contributed by atoms with Gasteiger partial charge in [0, 0.05) is 27.4 Å². The van der Waals surface area contributed by atoms with Crippen LogP contribution in [-0.2, 0) is 27.6 Å². The maximum Gasteiger partial charge on any atom is 0.474 e. The molecule has 0 heterocycles. The van der Waals surface area contributed by atoms with Gasteiger partial charge in [0.1, 0.15) is 6.61 Å². The molecule has 0 aliphatic heterocycles. The SMILES string of the molecule is CCOC(COP(=O)(OC)OC)OCC. The lowest BCUT2D eigenvalue weighted by atomic mass is 10.6. The minimum atomic E-state index is -3.44. The third-order valence-corrected chi connectivity index (χ3v) is 2.88. The van der Waals surface area contributed by atoms with Crippen molar-refractivity contribution in [3.05, 3.63) is 0 Å². The summed E-state index contributed by atoms with van der Waals surface area (Å²) < 4.78 is 36.0. The molecule has 0 atom stereocenters. The van der Waals surface area contributed by atoms with Gasteiger partial charge in [0.25, 0.3) is 0 Å². The Morgan fingerprint density at radius 2 is 1.53 bits per heavy atom. The standard InChI is InChI=1S/C8H19O6P/c1-5-12-8(13-6-2)7-14-15(9,10-3)11-4/h8H,5-7H2,1-4H3. The second kappa shape index (κ2) is 8.21. The topological polar surface area (TPSA) is 63.2 Å². The summed E-state index contributed by atoms with van der Waals surface area (Å²) in [4.78, 5) is 0. The van der Waals surface area contributed by atoms with E-state index in [-0.39, 0.29) is 6.61 Å². The first-order valence-corrected chi connectivity index (χ1v) is 6.17. The van der Waals surface area contributed by atoms with Crippen molar-refractivity contribution in [1.82, 2.24) is 0 Å². The first-order chi connectivity index (χ1) is 7.11. The Kier molecular flexibility index (Phi) is 8.23. The van der Waals surface area contributed by atoms with Crippen LogP contribution in [-0.4, -0.2) is 40.3 Å². The predicted octanol–water partition coefficient (Wildman–Crippen LogP) is 1.80. The molecule has 0 aromatic carbocycles. The van der Waals surface area contributed by atoms with Gasteiger partial charge in [-0.3, -0.25) is 13.6 Å². The molecule has 0 saturated carbocycles. The van der Waals surface area contributed by atoms with E-state index in [1.165, 1.54) is 14.2 Å². The third-order valence-electron chi connectivity index (χ3n) is 1.52. The second-order valence-corrected chi connectivity index (χ2v) is 4.33. The minimum absolute atomic E-state index is 0.000633. The van der Waals surface area contributed by atoms with Gasteiger partial charge in [-0.05, 0) is 13.8 Å². The lowest BCUT2D eigenvalue weighted by molar-refractivity contribution is -0.155. The Balaban J connectivity index is 4.01. The van der Waals surface area contributed by atoms with Gasteiger partial charge in [-0.2, -0.15) is 0 Å². The Morgan fingerprint density at radius 3 is 1.87 bits per heavy atom. The van der Waals surface area contributed by atoms with Crippen molar-refractivity contribution < 1.29 is 27.6 Å². The van der Waals surface area contributed by atoms with Crippen molar-refractivity contribution in [3.63, 3.8) is 0 Å². The molecule has 6 nitrogen and oxygen atoms in total. The quantitative estimate of drug-likeness (QED) is 0.454. The van der Waals surface area contributed by atoms with E-state index in [2.05, 4.69) is 9.05 Å². The van der Waals surface area contributed by atoms with Crippen LogP contribution in [0.25, 0.3) is 0 Å². The molecule has 0 spiro atoms. The van der Waals surface area contributed by atoms with E-state index in [0.29, 0.717) is 13.2 Å². The number of hydrogen-bond acceptors (Lipinski definition) is 6. The molecule has 92 valence electrons. The Morgan fingerprint density at radius 1 is 1.07 bits per heavy atom. The van der Waals surface area contributed by atoms with E-state index in [1.54, 1.807) is 0 Å². The summed E-state index contributed by atoms with van der Waals surface area (Å²) in [5.41, 5.74) is 0. The van der Waals surface area contributed by atoms with Gasteiger partial charge < -0.3 is 9.47 Å². The number of ether oxygens (including phenoxy) is 2. The molecule has 0 unspecified atom stereocenters. The van der Waals surface area contributed by atoms with Crippen LogP contribution in [0.5, 0.6) is 0 Å². The molecular formula is C8H19O6P. The Bertz CT molecular complexity index is 184. The van der Waals surface area contributed by atoms with E-state index in [4.69, 9.17) is 14.0 Å². The fourth-order valence-electron chi connectivity index (χ4n) is 0.848. The second-order valence-electron chi connectivity index (χ2n) is 2.45. The van der Waals surface area contributed by atoms with Crippen molar-refractivity contribution in [2.24, 2.45) is 0 Å². The van der Waals surface area contributed by atoms with Crippen LogP contribution < -0.4 is 0 Å². The molecule has 0 aliphatic carbocycles. The van der Waals surface area contributed by atoms with Gasteiger partial charge in [0.15, 0.2) is 6.29 Å². The van der Waals surface area contributed by atoms with Gasteiger partial charge in [0.2, 0.25) is 0 Å². The summed E-state index contributed by atoms with van der Waals surface area (Å²) in [5.74, 6) is 0. The van der Waals surface area contributed by atoms with E-state index >= 15 is 0 Å². The van der Waals surface area contributed by atoms with Crippen molar-refractivity contribution >= 4 is 7.82 Å². The zero-order valence-corrected chi connectivity index (χ0v) is 10.5. The number of rotatable bonds is 9. The van der Waals surface area contributed by atoms with Crippen LogP contribution in [0.1, 0.15) is 13.8 Å². The monoisotopic (exact) mass is 242 g/mol. The van der Waals surface area contributed by atoms with E-state index in [9.17, 15) is 4.57 Å². The van der Waals surface area contributed by atoms with Crippen LogP contribution in [0.2, 0.25) is 0 Å². The normalized spacial score (nSPS) is 12.3. The van der Waals surface area contributed by atoms with Crippen LogP contribution >= 0.6 is 7.82 Å². The summed E-state index contributed by atoms with van der Waals surface area (Å²) in [7, 11) is -0.941. The average molecular weight is 242 g/mol. The van der Waals surface area contributed by atoms with Crippen molar-refractivity contribution in [1.29, 1.82) is 0 Å². The van der Waals surface area contributed by atoms with Crippen molar-refractivity contribution in [3.8, 4) is 0 Å². The van der Waals surface area contributed by atoms with Gasteiger partial charge in [-0.25, -0.2) is 4.57 Å². The minimum Gasteiger partial charge on any atom is -0.351 e. The zero-order valence-electron chi connectivity index (χ0n) is 9.60. The van der Waals surface area contributed by atoms with E-state index in [0.717, 1.165) is 0 Å². The van der Waals surface area contributed by atoms with Gasteiger partial charge >= 0.3 is 7.82 Å². The lowest BCUT2D eigenvalue weighted by Crippen LogP contribution is -2.23. The third kappa shape index (κ3) is 6.25. The Hall–Kier alpha value is 0.0300. The fraction of sp³-hybridized carbons (Fsp3) is 1.00. The molecule has 0 aromatic heterocycles. The molecule has 7 heteroatoms. The van der Waals surface area contributed by atoms with Crippen molar-refractivity contribution in [2.45, 2.75) is 20.1 Å². The molecule has 0 fully saturated rings. The highest BCUT2D eigenvalue weighted by Crippen LogP contribution is 2.47. The highest BCUT2D eigenvalue weighted by molar-refractivity contribution is 7.48. The Labute approximate surface area is 90.4 Å². The largest absolute Gasteiger partial charge is 0.474 e. The fourth-order valence-corrected chi connectivity index (χ4v) is 1.51. The highest BCUT2D eigenvalue weighted by atomic mass is 31.2. The molecule has 0 rings (SSSR count). The predicted molar refractivity (Wildman–Crippen MR) is 54.6 cm³/mol. The van der Waals surface area contributed by atoms with Crippen LogP contribution in [0.3, 0.4) is 0 Å². The van der Waals surface area contributed by atoms with Crippen molar-refractivity contribution in [2.75, 3.05) is 34.0 Å². The lowest BCUT2D eigenvalue weighted by Gasteiger charge is -2.19. The van der Waals surface area contributed by atoms with E-state index < -0.39 is 14.1 Å². The van der Waals surface area contributed by atoms with E-state index in [1.807, 2.05) is 13.8 Å². The van der Waals surface area contributed by atoms with Gasteiger partial charge in [0.05, 0.1) is 0 Å². The maximum atomic E-state index is 11.5. The smallest absolute Gasteiger partial charge is 0.351 e. The summed E-state index contributed by atoms with van der Waals surface area (Å²) in [6.07, 6.45) is -0.557. The van der Waals surface area contributed by atoms with Crippen LogP contribution in [0.15, 0.2) is 0 Å².